The van der Waals surface area contributed by atoms with Crippen molar-refractivity contribution in [2.75, 3.05) is 0 Å². The number of hydrogen-bond donors (Lipinski definition) is 2. The normalized spacial score (nSPS) is 12.5. The Bertz CT molecular complexity index is 639. The van der Waals surface area contributed by atoms with E-state index in [1.807, 2.05) is 32.0 Å². The molecule has 0 aliphatic heterocycles. The first kappa shape index (κ1) is 17.2. The van der Waals surface area contributed by atoms with E-state index in [1.54, 1.807) is 11.3 Å². The molecule has 0 fully saturated rings. The van der Waals surface area contributed by atoms with E-state index in [1.165, 1.54) is 4.88 Å². The minimum atomic E-state index is -0.781. The van der Waals surface area contributed by atoms with Crippen LogP contribution >= 0.6 is 27.3 Å². The van der Waals surface area contributed by atoms with Crippen molar-refractivity contribution in [2.24, 2.45) is 5.92 Å². The smallest absolute Gasteiger partial charge is 0.320 e. The van der Waals surface area contributed by atoms with Crippen LogP contribution in [0, 0.1) is 5.92 Å². The van der Waals surface area contributed by atoms with Crippen LogP contribution in [0.2, 0.25) is 0 Å². The Kier molecular flexibility index (Phi) is 6.17. The van der Waals surface area contributed by atoms with Gasteiger partial charge in [-0.05, 0) is 30.5 Å². The molecule has 0 aliphatic carbocycles. The quantitative estimate of drug-likeness (QED) is 0.726. The number of benzene rings is 1. The molecule has 0 spiro atoms. The number of aliphatic carboxylic acids is 1. The fraction of sp³-hybridized carbons (Fsp3) is 0.353. The summed E-state index contributed by atoms with van der Waals surface area (Å²) in [5, 5.41) is 12.4. The van der Waals surface area contributed by atoms with Gasteiger partial charge in [-0.15, -0.1) is 11.3 Å². The third kappa shape index (κ3) is 4.66. The summed E-state index contributed by atoms with van der Waals surface area (Å²) in [5.41, 5.74) is 1.16. The third-order valence-corrected chi connectivity index (χ3v) is 5.14. The fourth-order valence-corrected chi connectivity index (χ4v) is 3.87. The molecule has 1 atom stereocenters. The van der Waals surface area contributed by atoms with E-state index in [2.05, 4.69) is 39.4 Å². The second-order valence-corrected chi connectivity index (χ2v) is 7.67. The lowest BCUT2D eigenvalue weighted by atomic mass is 10.0. The second kappa shape index (κ2) is 7.90. The predicted octanol–water partition coefficient (Wildman–Crippen LogP) is 4.77. The van der Waals surface area contributed by atoms with Gasteiger partial charge in [0, 0.05) is 26.3 Å². The van der Waals surface area contributed by atoms with Crippen molar-refractivity contribution >= 4 is 33.2 Å². The molecule has 22 heavy (non-hydrogen) atoms. The number of rotatable bonds is 7. The fourth-order valence-electron chi connectivity index (χ4n) is 2.25. The SMILES string of the molecule is CC(C)CC(NCc1ccc(-c2ccccc2Br)s1)C(=O)O. The Morgan fingerprint density at radius 1 is 1.27 bits per heavy atom. The van der Waals surface area contributed by atoms with Crippen LogP contribution in [-0.4, -0.2) is 17.1 Å². The molecule has 1 aromatic carbocycles. The largest absolute Gasteiger partial charge is 0.480 e. The number of carbonyl (C=O) groups is 1. The van der Waals surface area contributed by atoms with Crippen LogP contribution in [0.3, 0.4) is 0 Å². The monoisotopic (exact) mass is 381 g/mol. The molecule has 1 heterocycles. The molecule has 2 aromatic rings. The van der Waals surface area contributed by atoms with Crippen molar-refractivity contribution in [3.63, 3.8) is 0 Å². The molecule has 0 saturated heterocycles. The summed E-state index contributed by atoms with van der Waals surface area (Å²) < 4.78 is 1.07. The minimum absolute atomic E-state index is 0.354. The Morgan fingerprint density at radius 3 is 2.64 bits per heavy atom. The molecule has 0 saturated carbocycles. The van der Waals surface area contributed by atoms with Gasteiger partial charge in [-0.25, -0.2) is 0 Å². The van der Waals surface area contributed by atoms with Crippen LogP contribution in [-0.2, 0) is 11.3 Å². The molecular weight excluding hydrogens is 362 g/mol. The van der Waals surface area contributed by atoms with Crippen LogP contribution in [0.4, 0.5) is 0 Å². The van der Waals surface area contributed by atoms with Crippen LogP contribution in [0.25, 0.3) is 10.4 Å². The summed E-state index contributed by atoms with van der Waals surface area (Å²) in [6.45, 7) is 4.65. The number of nitrogens with one attached hydrogen (secondary N) is 1. The Labute approximate surface area is 143 Å². The standard InChI is InChI=1S/C17H20BrNO2S/c1-11(2)9-15(17(20)21)19-10-12-7-8-16(22-12)13-5-3-4-6-14(13)18/h3-8,11,15,19H,9-10H2,1-2H3,(H,20,21). The van der Waals surface area contributed by atoms with Crippen molar-refractivity contribution in [1.29, 1.82) is 0 Å². The zero-order chi connectivity index (χ0) is 16.1. The highest BCUT2D eigenvalue weighted by molar-refractivity contribution is 9.10. The van der Waals surface area contributed by atoms with Crippen molar-refractivity contribution < 1.29 is 9.90 Å². The molecule has 0 radical (unpaired) electrons. The number of thiophene rings is 1. The molecule has 0 bridgehead atoms. The topological polar surface area (TPSA) is 49.3 Å². The van der Waals surface area contributed by atoms with E-state index in [-0.39, 0.29) is 0 Å². The van der Waals surface area contributed by atoms with Gasteiger partial charge in [0.1, 0.15) is 6.04 Å². The van der Waals surface area contributed by atoms with Crippen LogP contribution in [0.5, 0.6) is 0 Å². The van der Waals surface area contributed by atoms with Crippen LogP contribution in [0.15, 0.2) is 40.9 Å². The molecule has 2 rings (SSSR count). The Hall–Kier alpha value is -1.17. The number of carboxylic acids is 1. The van der Waals surface area contributed by atoms with Gasteiger partial charge < -0.3 is 5.11 Å². The van der Waals surface area contributed by atoms with Gasteiger partial charge in [0.05, 0.1) is 0 Å². The third-order valence-electron chi connectivity index (χ3n) is 3.33. The molecule has 0 amide bonds. The Balaban J connectivity index is 2.03. The van der Waals surface area contributed by atoms with Gasteiger partial charge in [-0.1, -0.05) is 48.0 Å². The van der Waals surface area contributed by atoms with E-state index >= 15 is 0 Å². The van der Waals surface area contributed by atoms with Gasteiger partial charge in [0.15, 0.2) is 0 Å². The average Bonchev–Trinajstić information content (AvgIpc) is 2.92. The maximum atomic E-state index is 11.3. The first-order valence-electron chi connectivity index (χ1n) is 7.27. The van der Waals surface area contributed by atoms with E-state index in [0.717, 1.165) is 14.9 Å². The highest BCUT2D eigenvalue weighted by Crippen LogP contribution is 2.33. The summed E-state index contributed by atoms with van der Waals surface area (Å²) in [4.78, 5) is 13.6. The van der Waals surface area contributed by atoms with Crippen LogP contribution < -0.4 is 5.32 Å². The van der Waals surface area contributed by atoms with Crippen molar-refractivity contribution in [2.45, 2.75) is 32.9 Å². The summed E-state index contributed by atoms with van der Waals surface area (Å²) in [6, 6.07) is 11.8. The highest BCUT2D eigenvalue weighted by Gasteiger charge is 2.18. The van der Waals surface area contributed by atoms with Gasteiger partial charge in [-0.2, -0.15) is 0 Å². The van der Waals surface area contributed by atoms with Gasteiger partial charge in [0.25, 0.3) is 0 Å². The molecule has 3 nitrogen and oxygen atoms in total. The van der Waals surface area contributed by atoms with Gasteiger partial charge in [-0.3, -0.25) is 10.1 Å². The van der Waals surface area contributed by atoms with E-state index in [0.29, 0.717) is 18.9 Å². The first-order valence-corrected chi connectivity index (χ1v) is 8.88. The summed E-state index contributed by atoms with van der Waals surface area (Å²) >= 11 is 5.25. The van der Waals surface area contributed by atoms with E-state index in [4.69, 9.17) is 0 Å². The first-order chi connectivity index (χ1) is 10.5. The van der Waals surface area contributed by atoms with Gasteiger partial charge >= 0.3 is 5.97 Å². The number of hydrogen-bond acceptors (Lipinski definition) is 3. The maximum absolute atomic E-state index is 11.3. The molecule has 0 aliphatic rings. The van der Waals surface area contributed by atoms with E-state index < -0.39 is 12.0 Å². The molecule has 1 unspecified atom stereocenters. The molecule has 5 heteroatoms. The minimum Gasteiger partial charge on any atom is -0.480 e. The lowest BCUT2D eigenvalue weighted by Gasteiger charge is -2.15. The molecule has 118 valence electrons. The second-order valence-electron chi connectivity index (χ2n) is 5.65. The average molecular weight is 382 g/mol. The predicted molar refractivity (Wildman–Crippen MR) is 95.2 cm³/mol. The zero-order valence-electron chi connectivity index (χ0n) is 12.7. The zero-order valence-corrected chi connectivity index (χ0v) is 15.1. The Morgan fingerprint density at radius 2 is 2.00 bits per heavy atom. The van der Waals surface area contributed by atoms with Crippen molar-refractivity contribution in [3.8, 4) is 10.4 Å². The number of halogens is 1. The summed E-state index contributed by atoms with van der Waals surface area (Å²) in [5.74, 6) is -0.427. The number of carboxylic acid groups (broad SMARTS) is 1. The van der Waals surface area contributed by atoms with Gasteiger partial charge in [0.2, 0.25) is 0 Å². The lowest BCUT2D eigenvalue weighted by molar-refractivity contribution is -0.140. The maximum Gasteiger partial charge on any atom is 0.320 e. The van der Waals surface area contributed by atoms with Crippen LogP contribution in [0.1, 0.15) is 25.1 Å². The van der Waals surface area contributed by atoms with Crippen molar-refractivity contribution in [1.82, 2.24) is 5.32 Å². The highest BCUT2D eigenvalue weighted by atomic mass is 79.9. The van der Waals surface area contributed by atoms with Crippen molar-refractivity contribution in [3.05, 3.63) is 45.7 Å². The molecular formula is C17H20BrNO2S. The summed E-state index contributed by atoms with van der Waals surface area (Å²) in [6.07, 6.45) is 0.637. The molecule has 1 aromatic heterocycles. The lowest BCUT2D eigenvalue weighted by Crippen LogP contribution is -2.37. The van der Waals surface area contributed by atoms with E-state index in [9.17, 15) is 9.90 Å². The molecule has 2 N–H and O–H groups in total. The summed E-state index contributed by atoms with van der Waals surface area (Å²) in [7, 11) is 0.